The number of carbonyl (C=O) groups is 1. The molecule has 0 aromatic heterocycles. The lowest BCUT2D eigenvalue weighted by atomic mass is 10.1. The van der Waals surface area contributed by atoms with Crippen molar-refractivity contribution in [2.45, 2.75) is 25.9 Å². The SMILES string of the molecule is C[C@@H](Oc1cccc(Cl)c1)C(=O)NCCCc1ccc(F)cc1. The summed E-state index contributed by atoms with van der Waals surface area (Å²) in [5.41, 5.74) is 1.05. The zero-order chi connectivity index (χ0) is 16.7. The Bertz CT molecular complexity index is 646. The van der Waals surface area contributed by atoms with Gasteiger partial charge in [0.05, 0.1) is 0 Å². The van der Waals surface area contributed by atoms with Crippen LogP contribution < -0.4 is 10.1 Å². The van der Waals surface area contributed by atoms with E-state index in [1.165, 1.54) is 12.1 Å². The van der Waals surface area contributed by atoms with Gasteiger partial charge >= 0.3 is 0 Å². The van der Waals surface area contributed by atoms with E-state index >= 15 is 0 Å². The van der Waals surface area contributed by atoms with Crippen LogP contribution in [0.15, 0.2) is 48.5 Å². The summed E-state index contributed by atoms with van der Waals surface area (Å²) in [6.07, 6.45) is 0.963. The molecular formula is C18H19ClFNO2. The van der Waals surface area contributed by atoms with Crippen LogP contribution in [0.25, 0.3) is 0 Å². The molecule has 122 valence electrons. The molecule has 0 spiro atoms. The second-order valence-electron chi connectivity index (χ2n) is 5.24. The van der Waals surface area contributed by atoms with Crippen LogP contribution in [0, 0.1) is 5.82 Å². The number of hydrogen-bond donors (Lipinski definition) is 1. The van der Waals surface area contributed by atoms with Crippen molar-refractivity contribution >= 4 is 17.5 Å². The molecule has 0 heterocycles. The van der Waals surface area contributed by atoms with E-state index in [0.717, 1.165) is 18.4 Å². The van der Waals surface area contributed by atoms with Crippen LogP contribution in [0.2, 0.25) is 5.02 Å². The molecule has 2 aromatic rings. The van der Waals surface area contributed by atoms with Gasteiger partial charge in [0, 0.05) is 11.6 Å². The molecular weight excluding hydrogens is 317 g/mol. The standard InChI is InChI=1S/C18H19ClFNO2/c1-13(23-17-6-2-5-15(19)12-17)18(22)21-11-3-4-14-7-9-16(20)10-8-14/h2,5-10,12-13H,3-4,11H2,1H3,(H,21,22)/t13-/m1/s1. The molecule has 3 nitrogen and oxygen atoms in total. The third-order valence-electron chi connectivity index (χ3n) is 3.33. The van der Waals surface area contributed by atoms with Crippen LogP contribution in [-0.4, -0.2) is 18.6 Å². The first kappa shape index (κ1) is 17.3. The smallest absolute Gasteiger partial charge is 0.260 e. The number of amides is 1. The maximum absolute atomic E-state index is 12.8. The highest BCUT2D eigenvalue weighted by Gasteiger charge is 2.14. The first-order chi connectivity index (χ1) is 11.0. The lowest BCUT2D eigenvalue weighted by Gasteiger charge is -2.14. The van der Waals surface area contributed by atoms with Gasteiger partial charge in [-0.15, -0.1) is 0 Å². The number of rotatable bonds is 7. The van der Waals surface area contributed by atoms with Gasteiger partial charge in [0.1, 0.15) is 11.6 Å². The molecule has 1 atom stereocenters. The molecule has 2 rings (SSSR count). The van der Waals surface area contributed by atoms with E-state index < -0.39 is 6.10 Å². The maximum atomic E-state index is 12.8. The monoisotopic (exact) mass is 335 g/mol. The van der Waals surface area contributed by atoms with Crippen LogP contribution in [0.3, 0.4) is 0 Å². The second-order valence-corrected chi connectivity index (χ2v) is 5.67. The Kier molecular flexibility index (Phi) is 6.41. The molecule has 0 saturated heterocycles. The highest BCUT2D eigenvalue weighted by atomic mass is 35.5. The Balaban J connectivity index is 1.70. The Hall–Kier alpha value is -2.07. The van der Waals surface area contributed by atoms with Crippen molar-refractivity contribution in [3.63, 3.8) is 0 Å². The van der Waals surface area contributed by atoms with E-state index in [1.54, 1.807) is 43.3 Å². The first-order valence-electron chi connectivity index (χ1n) is 7.49. The number of hydrogen-bond acceptors (Lipinski definition) is 2. The highest BCUT2D eigenvalue weighted by Crippen LogP contribution is 2.18. The Labute approximate surface area is 140 Å². The molecule has 0 fully saturated rings. The molecule has 0 aliphatic carbocycles. The summed E-state index contributed by atoms with van der Waals surface area (Å²) in [6, 6.07) is 13.3. The van der Waals surface area contributed by atoms with Gasteiger partial charge in [0.15, 0.2) is 6.10 Å². The molecule has 23 heavy (non-hydrogen) atoms. The quantitative estimate of drug-likeness (QED) is 0.777. The molecule has 0 saturated carbocycles. The van der Waals surface area contributed by atoms with Crippen molar-refractivity contribution < 1.29 is 13.9 Å². The fourth-order valence-corrected chi connectivity index (χ4v) is 2.28. The Morgan fingerprint density at radius 2 is 2.00 bits per heavy atom. The second kappa shape index (κ2) is 8.53. The minimum Gasteiger partial charge on any atom is -0.481 e. The van der Waals surface area contributed by atoms with Gasteiger partial charge in [-0.3, -0.25) is 4.79 Å². The molecule has 1 amide bonds. The van der Waals surface area contributed by atoms with Crippen LogP contribution >= 0.6 is 11.6 Å². The average molecular weight is 336 g/mol. The molecule has 2 aromatic carbocycles. The summed E-state index contributed by atoms with van der Waals surface area (Å²) in [4.78, 5) is 12.0. The Morgan fingerprint density at radius 1 is 1.26 bits per heavy atom. The summed E-state index contributed by atoms with van der Waals surface area (Å²) in [7, 11) is 0. The molecule has 0 radical (unpaired) electrons. The van der Waals surface area contributed by atoms with E-state index in [2.05, 4.69) is 5.32 Å². The molecule has 0 aliphatic rings. The predicted molar refractivity (Wildman–Crippen MR) is 89.3 cm³/mol. The van der Waals surface area contributed by atoms with Gasteiger partial charge in [-0.25, -0.2) is 4.39 Å². The maximum Gasteiger partial charge on any atom is 0.260 e. The van der Waals surface area contributed by atoms with E-state index in [4.69, 9.17) is 16.3 Å². The minimum atomic E-state index is -0.598. The van der Waals surface area contributed by atoms with Crippen LogP contribution in [0.4, 0.5) is 4.39 Å². The van der Waals surface area contributed by atoms with Gasteiger partial charge in [0.25, 0.3) is 5.91 Å². The lowest BCUT2D eigenvalue weighted by Crippen LogP contribution is -2.36. The van der Waals surface area contributed by atoms with E-state index in [9.17, 15) is 9.18 Å². The number of benzene rings is 2. The number of aryl methyl sites for hydroxylation is 1. The molecule has 0 bridgehead atoms. The zero-order valence-corrected chi connectivity index (χ0v) is 13.6. The molecule has 0 aliphatic heterocycles. The fourth-order valence-electron chi connectivity index (χ4n) is 2.10. The third kappa shape index (κ3) is 5.91. The van der Waals surface area contributed by atoms with Crippen LogP contribution in [-0.2, 0) is 11.2 Å². The summed E-state index contributed by atoms with van der Waals surface area (Å²) in [5, 5.41) is 3.39. The fraction of sp³-hybridized carbons (Fsp3) is 0.278. The summed E-state index contributed by atoms with van der Waals surface area (Å²) in [6.45, 7) is 2.23. The molecule has 1 N–H and O–H groups in total. The highest BCUT2D eigenvalue weighted by molar-refractivity contribution is 6.30. The van der Waals surface area contributed by atoms with Gasteiger partial charge < -0.3 is 10.1 Å². The Morgan fingerprint density at radius 3 is 2.70 bits per heavy atom. The summed E-state index contributed by atoms with van der Waals surface area (Å²) >= 11 is 5.87. The van der Waals surface area contributed by atoms with E-state index in [-0.39, 0.29) is 11.7 Å². The normalized spacial score (nSPS) is 11.8. The van der Waals surface area contributed by atoms with E-state index in [0.29, 0.717) is 17.3 Å². The van der Waals surface area contributed by atoms with Crippen molar-refractivity contribution in [1.29, 1.82) is 0 Å². The minimum absolute atomic E-state index is 0.177. The summed E-state index contributed by atoms with van der Waals surface area (Å²) in [5.74, 6) is 0.143. The zero-order valence-electron chi connectivity index (χ0n) is 12.9. The molecule has 0 unspecified atom stereocenters. The number of halogens is 2. The third-order valence-corrected chi connectivity index (χ3v) is 3.57. The lowest BCUT2D eigenvalue weighted by molar-refractivity contribution is -0.127. The van der Waals surface area contributed by atoms with Gasteiger partial charge in [-0.1, -0.05) is 29.8 Å². The van der Waals surface area contributed by atoms with Crippen molar-refractivity contribution in [1.82, 2.24) is 5.32 Å². The van der Waals surface area contributed by atoms with Crippen molar-refractivity contribution in [2.24, 2.45) is 0 Å². The number of carbonyl (C=O) groups excluding carboxylic acids is 1. The first-order valence-corrected chi connectivity index (χ1v) is 7.87. The van der Waals surface area contributed by atoms with Crippen molar-refractivity contribution in [2.75, 3.05) is 6.54 Å². The summed E-state index contributed by atoms with van der Waals surface area (Å²) < 4.78 is 18.3. The predicted octanol–water partition coefficient (Wildman–Crippen LogP) is 4.00. The van der Waals surface area contributed by atoms with Gasteiger partial charge in [-0.05, 0) is 55.7 Å². The largest absolute Gasteiger partial charge is 0.481 e. The van der Waals surface area contributed by atoms with Gasteiger partial charge in [0.2, 0.25) is 0 Å². The van der Waals surface area contributed by atoms with Crippen molar-refractivity contribution in [3.05, 3.63) is 64.9 Å². The topological polar surface area (TPSA) is 38.3 Å². The number of ether oxygens (including phenoxy) is 1. The van der Waals surface area contributed by atoms with E-state index in [1.807, 2.05) is 0 Å². The average Bonchev–Trinajstić information content (AvgIpc) is 2.53. The van der Waals surface area contributed by atoms with Gasteiger partial charge in [-0.2, -0.15) is 0 Å². The van der Waals surface area contributed by atoms with Crippen molar-refractivity contribution in [3.8, 4) is 5.75 Å². The number of nitrogens with one attached hydrogen (secondary N) is 1. The van der Waals surface area contributed by atoms with Crippen LogP contribution in [0.1, 0.15) is 18.9 Å². The molecule has 5 heteroatoms. The van der Waals surface area contributed by atoms with Crippen LogP contribution in [0.5, 0.6) is 5.75 Å².